The van der Waals surface area contributed by atoms with Crippen molar-refractivity contribution in [3.63, 3.8) is 0 Å². The van der Waals surface area contributed by atoms with E-state index in [1.54, 1.807) is 11.8 Å². The second-order valence-electron chi connectivity index (χ2n) is 4.22. The molecule has 0 saturated carbocycles. The van der Waals surface area contributed by atoms with Crippen molar-refractivity contribution in [1.29, 1.82) is 0 Å². The Labute approximate surface area is 97.3 Å². The van der Waals surface area contributed by atoms with Crippen LogP contribution in [0.5, 0.6) is 0 Å². The number of thiophene rings is 1. The van der Waals surface area contributed by atoms with Crippen molar-refractivity contribution >= 4 is 28.8 Å². The first-order valence-corrected chi connectivity index (χ1v) is 5.92. The number of amides is 1. The summed E-state index contributed by atoms with van der Waals surface area (Å²) in [6.07, 6.45) is 0. The van der Waals surface area contributed by atoms with E-state index in [4.69, 9.17) is 11.6 Å². The van der Waals surface area contributed by atoms with Crippen LogP contribution in [0.3, 0.4) is 0 Å². The summed E-state index contributed by atoms with van der Waals surface area (Å²) in [7, 11) is 0. The van der Waals surface area contributed by atoms with Gasteiger partial charge < -0.3 is 10.0 Å². The fraction of sp³-hybridized carbons (Fsp3) is 0.500. The van der Waals surface area contributed by atoms with Gasteiger partial charge in [0, 0.05) is 0 Å². The molecule has 1 amide bonds. The highest BCUT2D eigenvalue weighted by molar-refractivity contribution is 7.13. The van der Waals surface area contributed by atoms with E-state index >= 15 is 0 Å². The van der Waals surface area contributed by atoms with Crippen LogP contribution >= 0.6 is 22.9 Å². The number of halogens is 1. The fourth-order valence-electron chi connectivity index (χ4n) is 1.64. The molecule has 3 nitrogen and oxygen atoms in total. The summed E-state index contributed by atoms with van der Waals surface area (Å²) in [5.74, 6) is -0.0791. The molecule has 1 fully saturated rings. The van der Waals surface area contributed by atoms with Gasteiger partial charge in [0.25, 0.3) is 5.91 Å². The van der Waals surface area contributed by atoms with Gasteiger partial charge in [0.05, 0.1) is 23.7 Å². The predicted molar refractivity (Wildman–Crippen MR) is 60.6 cm³/mol. The summed E-state index contributed by atoms with van der Waals surface area (Å²) in [6.45, 7) is 4.37. The van der Waals surface area contributed by atoms with Crippen molar-refractivity contribution in [3.05, 3.63) is 20.8 Å². The molecule has 0 radical (unpaired) electrons. The Hall–Kier alpha value is -0.580. The number of rotatable bonds is 1. The third-order valence-corrected chi connectivity index (χ3v) is 4.13. The van der Waals surface area contributed by atoms with Gasteiger partial charge in [-0.3, -0.25) is 4.79 Å². The zero-order valence-electron chi connectivity index (χ0n) is 8.58. The summed E-state index contributed by atoms with van der Waals surface area (Å²) in [6, 6.07) is 0. The minimum atomic E-state index is -0.728. The Morgan fingerprint density at radius 1 is 1.67 bits per heavy atom. The summed E-state index contributed by atoms with van der Waals surface area (Å²) in [4.78, 5) is 14.1. The van der Waals surface area contributed by atoms with Crippen molar-refractivity contribution in [1.82, 2.24) is 4.90 Å². The van der Waals surface area contributed by atoms with Crippen LogP contribution in [0, 0.1) is 6.92 Å². The maximum atomic E-state index is 11.9. The lowest BCUT2D eigenvalue weighted by atomic mass is 9.97. The molecule has 2 rings (SSSR count). The number of carbonyl (C=O) groups excluding carboxylic acids is 1. The molecule has 1 aliphatic heterocycles. The van der Waals surface area contributed by atoms with Crippen molar-refractivity contribution in [2.24, 2.45) is 0 Å². The quantitative estimate of drug-likeness (QED) is 0.821. The van der Waals surface area contributed by atoms with Crippen LogP contribution in [0.2, 0.25) is 5.02 Å². The summed E-state index contributed by atoms with van der Waals surface area (Å²) in [5.41, 5.74) is 0.200. The molecule has 0 aromatic carbocycles. The van der Waals surface area contributed by atoms with Gasteiger partial charge in [-0.05, 0) is 24.8 Å². The SMILES string of the molecule is Cc1csc(C(=O)N2CC(C)(O)C2)c1Cl. The maximum Gasteiger partial charge on any atom is 0.265 e. The van der Waals surface area contributed by atoms with E-state index in [2.05, 4.69) is 0 Å². The monoisotopic (exact) mass is 245 g/mol. The highest BCUT2D eigenvalue weighted by Crippen LogP contribution is 2.31. The molecule has 1 saturated heterocycles. The Morgan fingerprint density at radius 2 is 2.27 bits per heavy atom. The molecule has 1 N–H and O–H groups in total. The Bertz CT molecular complexity index is 406. The van der Waals surface area contributed by atoms with E-state index < -0.39 is 5.60 Å². The largest absolute Gasteiger partial charge is 0.386 e. The smallest absolute Gasteiger partial charge is 0.265 e. The molecule has 82 valence electrons. The molecule has 0 atom stereocenters. The molecule has 5 heteroatoms. The molecule has 0 unspecified atom stereocenters. The van der Waals surface area contributed by atoms with E-state index in [1.165, 1.54) is 11.3 Å². The maximum absolute atomic E-state index is 11.9. The van der Waals surface area contributed by atoms with E-state index in [1.807, 2.05) is 12.3 Å². The molecule has 1 aromatic heterocycles. The Balaban J connectivity index is 2.13. The minimum Gasteiger partial charge on any atom is -0.386 e. The van der Waals surface area contributed by atoms with E-state index in [0.717, 1.165) is 5.56 Å². The molecular formula is C10H12ClNO2S. The van der Waals surface area contributed by atoms with Gasteiger partial charge in [0.15, 0.2) is 0 Å². The van der Waals surface area contributed by atoms with Crippen LogP contribution in [0.1, 0.15) is 22.2 Å². The van der Waals surface area contributed by atoms with E-state index in [9.17, 15) is 9.90 Å². The van der Waals surface area contributed by atoms with Gasteiger partial charge >= 0.3 is 0 Å². The topological polar surface area (TPSA) is 40.5 Å². The standard InChI is InChI=1S/C10H12ClNO2S/c1-6-3-15-8(7(6)11)9(13)12-4-10(2,14)5-12/h3,14H,4-5H2,1-2H3. The molecule has 1 aromatic rings. The summed E-state index contributed by atoms with van der Waals surface area (Å²) in [5, 5.41) is 11.9. The third-order valence-electron chi connectivity index (χ3n) is 2.44. The number of hydrogen-bond acceptors (Lipinski definition) is 3. The van der Waals surface area contributed by atoms with Crippen molar-refractivity contribution < 1.29 is 9.90 Å². The molecular weight excluding hydrogens is 234 g/mol. The van der Waals surface area contributed by atoms with Gasteiger partial charge in [0.1, 0.15) is 4.88 Å². The van der Waals surface area contributed by atoms with E-state index in [-0.39, 0.29) is 5.91 Å². The zero-order chi connectivity index (χ0) is 11.2. The molecule has 15 heavy (non-hydrogen) atoms. The first-order valence-electron chi connectivity index (χ1n) is 4.66. The van der Waals surface area contributed by atoms with Crippen LogP contribution in [-0.2, 0) is 0 Å². The third kappa shape index (κ3) is 1.89. The number of β-amino-alcohol motifs (C(OH)–C–C–N with tert-alkyl or cyclic N) is 1. The Morgan fingerprint density at radius 3 is 2.67 bits per heavy atom. The fourth-order valence-corrected chi connectivity index (χ4v) is 2.88. The van der Waals surface area contributed by atoms with Crippen molar-refractivity contribution in [3.8, 4) is 0 Å². The lowest BCUT2D eigenvalue weighted by molar-refractivity contribution is -0.0666. The summed E-state index contributed by atoms with van der Waals surface area (Å²) >= 11 is 7.36. The van der Waals surface area contributed by atoms with E-state index in [0.29, 0.717) is 23.0 Å². The number of hydrogen-bond donors (Lipinski definition) is 1. The first kappa shape index (κ1) is 10.9. The summed E-state index contributed by atoms with van der Waals surface area (Å²) < 4.78 is 0. The van der Waals surface area contributed by atoms with Crippen molar-refractivity contribution in [2.75, 3.05) is 13.1 Å². The number of aryl methyl sites for hydroxylation is 1. The number of likely N-dealkylation sites (tertiary alicyclic amines) is 1. The zero-order valence-corrected chi connectivity index (χ0v) is 10.2. The first-order chi connectivity index (χ1) is 6.91. The highest BCUT2D eigenvalue weighted by atomic mass is 35.5. The van der Waals surface area contributed by atoms with Gasteiger partial charge in [-0.25, -0.2) is 0 Å². The predicted octanol–water partition coefficient (Wildman–Crippen LogP) is 1.92. The second-order valence-corrected chi connectivity index (χ2v) is 5.48. The van der Waals surface area contributed by atoms with Crippen LogP contribution < -0.4 is 0 Å². The molecule has 1 aliphatic rings. The molecule has 0 bridgehead atoms. The average Bonchev–Trinajstić information content (AvgIpc) is 2.43. The number of nitrogens with zero attached hydrogens (tertiary/aromatic N) is 1. The van der Waals surface area contributed by atoms with Crippen LogP contribution in [-0.4, -0.2) is 34.6 Å². The molecule has 0 aliphatic carbocycles. The lowest BCUT2D eigenvalue weighted by Gasteiger charge is -2.43. The van der Waals surface area contributed by atoms with Gasteiger partial charge in [-0.1, -0.05) is 11.6 Å². The normalized spacial score (nSPS) is 18.8. The second kappa shape index (κ2) is 3.47. The van der Waals surface area contributed by atoms with Gasteiger partial charge in [0.2, 0.25) is 0 Å². The van der Waals surface area contributed by atoms with Crippen LogP contribution in [0.4, 0.5) is 0 Å². The minimum absolute atomic E-state index is 0.0791. The average molecular weight is 246 g/mol. The lowest BCUT2D eigenvalue weighted by Crippen LogP contribution is -2.61. The van der Waals surface area contributed by atoms with Gasteiger partial charge in [-0.15, -0.1) is 11.3 Å². The van der Waals surface area contributed by atoms with Crippen LogP contribution in [0.25, 0.3) is 0 Å². The Kier molecular flexibility index (Phi) is 2.53. The van der Waals surface area contributed by atoms with Crippen LogP contribution in [0.15, 0.2) is 5.38 Å². The number of aliphatic hydroxyl groups is 1. The highest BCUT2D eigenvalue weighted by Gasteiger charge is 2.40. The molecule has 0 spiro atoms. The molecule has 2 heterocycles. The van der Waals surface area contributed by atoms with Gasteiger partial charge in [-0.2, -0.15) is 0 Å². The van der Waals surface area contributed by atoms with Crippen molar-refractivity contribution in [2.45, 2.75) is 19.4 Å². The number of carbonyl (C=O) groups is 1.